The number of rotatable bonds is 3. The first kappa shape index (κ1) is 14.1. The Bertz CT molecular complexity index is 594. The number of aromatic nitrogens is 2. The second kappa shape index (κ2) is 6.31. The molecule has 2 aromatic heterocycles. The van der Waals surface area contributed by atoms with Gasteiger partial charge in [-0.1, -0.05) is 6.07 Å². The van der Waals surface area contributed by atoms with E-state index in [4.69, 9.17) is 11.6 Å². The average molecular weight is 303 g/mol. The lowest BCUT2D eigenvalue weighted by molar-refractivity contribution is 0.640. The summed E-state index contributed by atoms with van der Waals surface area (Å²) in [4.78, 5) is 13.7. The summed E-state index contributed by atoms with van der Waals surface area (Å²) in [5.74, 6) is 2.64. The lowest BCUT2D eigenvalue weighted by Crippen LogP contribution is -2.47. The largest absolute Gasteiger partial charge is 0.353 e. The molecule has 4 nitrogen and oxygen atoms in total. The van der Waals surface area contributed by atoms with Crippen molar-refractivity contribution in [3.63, 3.8) is 0 Å². The van der Waals surface area contributed by atoms with E-state index in [2.05, 4.69) is 38.8 Å². The van der Waals surface area contributed by atoms with Crippen LogP contribution in [0.25, 0.3) is 0 Å². The molecule has 0 unspecified atom stereocenters. The molecular weight excluding hydrogens is 284 g/mol. The summed E-state index contributed by atoms with van der Waals surface area (Å²) in [5.41, 5.74) is 2.27. The van der Waals surface area contributed by atoms with Crippen LogP contribution in [0.3, 0.4) is 0 Å². The monoisotopic (exact) mass is 302 g/mol. The first-order valence-electron chi connectivity index (χ1n) is 7.20. The molecule has 0 saturated carbocycles. The number of nitrogens with zero attached hydrogens (tertiary/aromatic N) is 4. The maximum atomic E-state index is 5.86. The van der Waals surface area contributed by atoms with E-state index in [0.29, 0.717) is 5.88 Å². The number of pyridine rings is 2. The van der Waals surface area contributed by atoms with E-state index in [1.165, 1.54) is 5.56 Å². The van der Waals surface area contributed by atoms with Crippen LogP contribution >= 0.6 is 11.6 Å². The van der Waals surface area contributed by atoms with Gasteiger partial charge in [0.05, 0.1) is 0 Å². The highest BCUT2D eigenvalue weighted by Crippen LogP contribution is 2.21. The van der Waals surface area contributed by atoms with Crippen LogP contribution in [0.2, 0.25) is 0 Å². The third kappa shape index (κ3) is 3.10. The van der Waals surface area contributed by atoms with E-state index in [0.717, 1.165) is 43.4 Å². The molecule has 0 radical (unpaired) electrons. The molecule has 0 bridgehead atoms. The van der Waals surface area contributed by atoms with E-state index < -0.39 is 0 Å². The van der Waals surface area contributed by atoms with Crippen LogP contribution in [0.4, 0.5) is 11.6 Å². The molecule has 0 amide bonds. The average Bonchev–Trinajstić information content (AvgIpc) is 2.56. The molecule has 5 heteroatoms. The number of aryl methyl sites for hydroxylation is 1. The smallest absolute Gasteiger partial charge is 0.131 e. The van der Waals surface area contributed by atoms with Crippen molar-refractivity contribution in [3.05, 3.63) is 47.8 Å². The van der Waals surface area contributed by atoms with E-state index in [9.17, 15) is 0 Å². The third-order valence-corrected chi connectivity index (χ3v) is 4.12. The number of piperazine rings is 1. The standard InChI is InChI=1S/C16H19ClN4/c1-13-10-14(11-17)12-19-16(13)21-8-6-20(7-9-21)15-4-2-3-5-18-15/h2-5,10,12H,6-9,11H2,1H3. The van der Waals surface area contributed by atoms with Crippen molar-refractivity contribution in [2.24, 2.45) is 0 Å². The molecule has 3 heterocycles. The quantitative estimate of drug-likeness (QED) is 0.816. The van der Waals surface area contributed by atoms with Gasteiger partial charge < -0.3 is 9.80 Å². The van der Waals surface area contributed by atoms with E-state index in [1.54, 1.807) is 0 Å². The summed E-state index contributed by atoms with van der Waals surface area (Å²) in [6.45, 7) is 5.96. The Morgan fingerprint density at radius 3 is 2.48 bits per heavy atom. The van der Waals surface area contributed by atoms with Crippen LogP contribution in [0.5, 0.6) is 0 Å². The molecule has 0 atom stereocenters. The first-order chi connectivity index (χ1) is 10.3. The molecule has 3 rings (SSSR count). The molecule has 0 aliphatic carbocycles. The van der Waals surface area contributed by atoms with E-state index in [1.807, 2.05) is 24.5 Å². The number of hydrogen-bond donors (Lipinski definition) is 0. The molecule has 21 heavy (non-hydrogen) atoms. The molecule has 110 valence electrons. The van der Waals surface area contributed by atoms with Gasteiger partial charge in [-0.05, 0) is 36.2 Å². The zero-order valence-corrected chi connectivity index (χ0v) is 12.9. The van der Waals surface area contributed by atoms with Crippen molar-refractivity contribution in [1.29, 1.82) is 0 Å². The van der Waals surface area contributed by atoms with Crippen LogP contribution in [0, 0.1) is 6.92 Å². The van der Waals surface area contributed by atoms with Gasteiger partial charge in [0.1, 0.15) is 11.6 Å². The minimum Gasteiger partial charge on any atom is -0.353 e. The van der Waals surface area contributed by atoms with Gasteiger partial charge in [-0.3, -0.25) is 0 Å². The van der Waals surface area contributed by atoms with Gasteiger partial charge >= 0.3 is 0 Å². The summed E-state index contributed by atoms with van der Waals surface area (Å²) in [6, 6.07) is 8.17. The van der Waals surface area contributed by atoms with Gasteiger partial charge in [0, 0.05) is 44.5 Å². The van der Waals surface area contributed by atoms with Crippen LogP contribution in [0.1, 0.15) is 11.1 Å². The van der Waals surface area contributed by atoms with E-state index >= 15 is 0 Å². The minimum atomic E-state index is 0.515. The number of halogens is 1. The van der Waals surface area contributed by atoms with Gasteiger partial charge in [-0.25, -0.2) is 9.97 Å². The maximum absolute atomic E-state index is 5.86. The van der Waals surface area contributed by atoms with Crippen LogP contribution in [-0.2, 0) is 5.88 Å². The Balaban J connectivity index is 1.68. The lowest BCUT2D eigenvalue weighted by Gasteiger charge is -2.36. The summed E-state index contributed by atoms with van der Waals surface area (Å²) in [7, 11) is 0. The summed E-state index contributed by atoms with van der Waals surface area (Å²) in [6.07, 6.45) is 3.72. The van der Waals surface area contributed by atoms with Crippen LogP contribution < -0.4 is 9.80 Å². The number of hydrogen-bond acceptors (Lipinski definition) is 4. The fourth-order valence-electron chi connectivity index (χ4n) is 2.72. The molecule has 0 spiro atoms. The van der Waals surface area contributed by atoms with E-state index in [-0.39, 0.29) is 0 Å². The highest BCUT2D eigenvalue weighted by Gasteiger charge is 2.20. The third-order valence-electron chi connectivity index (χ3n) is 3.81. The predicted molar refractivity (Wildman–Crippen MR) is 87.2 cm³/mol. The van der Waals surface area contributed by atoms with Crippen molar-refractivity contribution in [1.82, 2.24) is 9.97 Å². The van der Waals surface area contributed by atoms with Gasteiger partial charge in [-0.2, -0.15) is 0 Å². The summed E-state index contributed by atoms with van der Waals surface area (Å²) in [5, 5.41) is 0. The summed E-state index contributed by atoms with van der Waals surface area (Å²) < 4.78 is 0. The van der Waals surface area contributed by atoms with Crippen molar-refractivity contribution in [3.8, 4) is 0 Å². The zero-order chi connectivity index (χ0) is 14.7. The highest BCUT2D eigenvalue weighted by atomic mass is 35.5. The second-order valence-electron chi connectivity index (χ2n) is 5.28. The van der Waals surface area contributed by atoms with Crippen molar-refractivity contribution >= 4 is 23.2 Å². The predicted octanol–water partition coefficient (Wildman–Crippen LogP) is 2.85. The first-order valence-corrected chi connectivity index (χ1v) is 7.74. The fraction of sp³-hybridized carbons (Fsp3) is 0.375. The lowest BCUT2D eigenvalue weighted by atomic mass is 10.2. The highest BCUT2D eigenvalue weighted by molar-refractivity contribution is 6.17. The Morgan fingerprint density at radius 1 is 1.10 bits per heavy atom. The molecule has 1 aliphatic heterocycles. The molecule has 2 aromatic rings. The minimum absolute atomic E-state index is 0.515. The van der Waals surface area contributed by atoms with Gasteiger partial charge in [0.25, 0.3) is 0 Å². The Hall–Kier alpha value is -1.81. The molecule has 1 aliphatic rings. The van der Waals surface area contributed by atoms with Crippen molar-refractivity contribution in [2.45, 2.75) is 12.8 Å². The Labute approximate surface area is 130 Å². The maximum Gasteiger partial charge on any atom is 0.131 e. The van der Waals surface area contributed by atoms with Crippen LogP contribution in [0.15, 0.2) is 36.7 Å². The van der Waals surface area contributed by atoms with Crippen LogP contribution in [-0.4, -0.2) is 36.1 Å². The molecule has 0 aromatic carbocycles. The molecule has 1 saturated heterocycles. The molecule has 1 fully saturated rings. The van der Waals surface area contributed by atoms with Crippen molar-refractivity contribution in [2.75, 3.05) is 36.0 Å². The second-order valence-corrected chi connectivity index (χ2v) is 5.55. The Morgan fingerprint density at radius 2 is 1.86 bits per heavy atom. The SMILES string of the molecule is Cc1cc(CCl)cnc1N1CCN(c2ccccn2)CC1. The number of anilines is 2. The number of alkyl halides is 1. The zero-order valence-electron chi connectivity index (χ0n) is 12.2. The van der Waals surface area contributed by atoms with Gasteiger partial charge in [0.2, 0.25) is 0 Å². The fourth-order valence-corrected chi connectivity index (χ4v) is 2.86. The molecule has 0 N–H and O–H groups in total. The topological polar surface area (TPSA) is 32.3 Å². The normalized spacial score (nSPS) is 15.3. The van der Waals surface area contributed by atoms with Gasteiger partial charge in [0.15, 0.2) is 0 Å². The van der Waals surface area contributed by atoms with Gasteiger partial charge in [-0.15, -0.1) is 11.6 Å². The van der Waals surface area contributed by atoms with Crippen molar-refractivity contribution < 1.29 is 0 Å². The summed E-state index contributed by atoms with van der Waals surface area (Å²) >= 11 is 5.86. The Kier molecular flexibility index (Phi) is 4.25. The molecular formula is C16H19ClN4.